The highest BCUT2D eigenvalue weighted by molar-refractivity contribution is 9.10. The molecule has 1 aliphatic carbocycles. The third-order valence-corrected chi connectivity index (χ3v) is 3.98. The van der Waals surface area contributed by atoms with Crippen molar-refractivity contribution in [1.29, 1.82) is 0 Å². The first-order valence-corrected chi connectivity index (χ1v) is 6.52. The molecule has 2 aromatic rings. The fourth-order valence-corrected chi connectivity index (χ4v) is 2.51. The second-order valence-electron chi connectivity index (χ2n) is 4.85. The van der Waals surface area contributed by atoms with Crippen molar-refractivity contribution in [2.75, 3.05) is 0 Å². The van der Waals surface area contributed by atoms with E-state index in [1.54, 1.807) is 0 Å². The molecular weight excluding hydrogens is 286 g/mol. The van der Waals surface area contributed by atoms with Gasteiger partial charge in [0, 0.05) is 17.2 Å². The number of H-pyrrole nitrogens is 1. The van der Waals surface area contributed by atoms with E-state index < -0.39 is 0 Å². The number of fused-ring (bicyclic) bond motifs is 1. The average molecular weight is 298 g/mol. The first kappa shape index (κ1) is 10.5. The molecule has 0 radical (unpaired) electrons. The Morgan fingerprint density at radius 3 is 3.06 bits per heavy atom. The van der Waals surface area contributed by atoms with E-state index in [1.807, 2.05) is 12.3 Å². The van der Waals surface area contributed by atoms with Crippen LogP contribution >= 0.6 is 28.1 Å². The number of halogens is 1. The van der Waals surface area contributed by atoms with Gasteiger partial charge in [0.25, 0.3) is 0 Å². The maximum atomic E-state index is 5.34. The third-order valence-electron chi connectivity index (χ3n) is 3.22. The molecule has 1 saturated carbocycles. The molecule has 0 bridgehead atoms. The van der Waals surface area contributed by atoms with Crippen LogP contribution in [0.4, 0.5) is 0 Å². The van der Waals surface area contributed by atoms with E-state index >= 15 is 0 Å². The Hall–Kier alpha value is -0.680. The molecule has 0 spiro atoms. The lowest BCUT2D eigenvalue weighted by molar-refractivity contribution is 0.467. The van der Waals surface area contributed by atoms with E-state index in [1.165, 1.54) is 12.8 Å². The van der Waals surface area contributed by atoms with Crippen molar-refractivity contribution >= 4 is 39.3 Å². The number of imidazole rings is 1. The van der Waals surface area contributed by atoms with Crippen molar-refractivity contribution in [2.24, 2.45) is 5.41 Å². The molecule has 0 aliphatic heterocycles. The molecule has 0 amide bonds. The molecule has 2 aromatic heterocycles. The lowest BCUT2D eigenvalue weighted by Crippen LogP contribution is -2.08. The number of nitrogens with one attached hydrogen (secondary N) is 1. The highest BCUT2D eigenvalue weighted by Gasteiger charge is 2.38. The Kier molecular flexibility index (Phi) is 2.23. The first-order valence-electron chi connectivity index (χ1n) is 5.32. The molecule has 0 aromatic carbocycles. The lowest BCUT2D eigenvalue weighted by atomic mass is 10.1. The quantitative estimate of drug-likeness (QED) is 0.859. The van der Waals surface area contributed by atoms with Crippen molar-refractivity contribution in [3.05, 3.63) is 21.5 Å². The van der Waals surface area contributed by atoms with Gasteiger partial charge in [-0.05, 0) is 52.5 Å². The van der Waals surface area contributed by atoms with Gasteiger partial charge in [-0.2, -0.15) is 0 Å². The van der Waals surface area contributed by atoms with Gasteiger partial charge in [0.05, 0.1) is 5.52 Å². The van der Waals surface area contributed by atoms with Gasteiger partial charge in [0.2, 0.25) is 0 Å². The van der Waals surface area contributed by atoms with Crippen LogP contribution in [0, 0.1) is 10.2 Å². The predicted octanol–water partition coefficient (Wildman–Crippen LogP) is 3.66. The Morgan fingerprint density at radius 2 is 2.38 bits per heavy atom. The number of hydrogen-bond acceptors (Lipinski definition) is 2. The third kappa shape index (κ3) is 1.72. The standard InChI is InChI=1S/C11H12BrN3S/c1-11(2-3-11)6-15-9-8(14-10(15)16)4-7(12)5-13-9/h4-5H,2-3,6H2,1H3,(H,14,16). The van der Waals surface area contributed by atoms with Gasteiger partial charge in [-0.1, -0.05) is 6.92 Å². The number of hydrogen-bond donors (Lipinski definition) is 1. The number of rotatable bonds is 2. The van der Waals surface area contributed by atoms with Crippen LogP contribution in [-0.4, -0.2) is 14.5 Å². The summed E-state index contributed by atoms with van der Waals surface area (Å²) in [4.78, 5) is 7.64. The summed E-state index contributed by atoms with van der Waals surface area (Å²) in [6.45, 7) is 3.27. The summed E-state index contributed by atoms with van der Waals surface area (Å²) in [7, 11) is 0. The van der Waals surface area contributed by atoms with Crippen LogP contribution in [0.3, 0.4) is 0 Å². The Morgan fingerprint density at radius 1 is 1.62 bits per heavy atom. The van der Waals surface area contributed by atoms with E-state index in [0.717, 1.165) is 27.0 Å². The number of pyridine rings is 1. The highest BCUT2D eigenvalue weighted by Crippen LogP contribution is 2.46. The molecule has 1 N–H and O–H groups in total. The van der Waals surface area contributed by atoms with Gasteiger partial charge < -0.3 is 9.55 Å². The molecule has 0 saturated heterocycles. The summed E-state index contributed by atoms with van der Waals surface area (Å²) < 4.78 is 3.86. The maximum Gasteiger partial charge on any atom is 0.179 e. The van der Waals surface area contributed by atoms with Crippen LogP contribution in [0.5, 0.6) is 0 Å². The number of aromatic nitrogens is 3. The molecule has 1 fully saturated rings. The second kappa shape index (κ2) is 3.40. The van der Waals surface area contributed by atoms with Gasteiger partial charge in [0.15, 0.2) is 10.4 Å². The van der Waals surface area contributed by atoms with Crippen LogP contribution in [-0.2, 0) is 6.54 Å². The number of aromatic amines is 1. The minimum Gasteiger partial charge on any atom is -0.329 e. The Labute approximate surface area is 107 Å². The van der Waals surface area contributed by atoms with E-state index in [-0.39, 0.29) is 0 Å². The summed E-state index contributed by atoms with van der Waals surface area (Å²) >= 11 is 8.76. The Bertz CT molecular complexity index is 609. The van der Waals surface area contributed by atoms with Crippen LogP contribution in [0.2, 0.25) is 0 Å². The van der Waals surface area contributed by atoms with Crippen molar-refractivity contribution in [2.45, 2.75) is 26.3 Å². The first-order chi connectivity index (χ1) is 7.57. The predicted molar refractivity (Wildman–Crippen MR) is 70.0 cm³/mol. The van der Waals surface area contributed by atoms with E-state index in [2.05, 4.69) is 37.4 Å². The van der Waals surface area contributed by atoms with Gasteiger partial charge >= 0.3 is 0 Å². The molecule has 0 unspecified atom stereocenters. The summed E-state index contributed by atoms with van der Waals surface area (Å²) in [5.41, 5.74) is 2.40. The van der Waals surface area contributed by atoms with Gasteiger partial charge in [0.1, 0.15) is 0 Å². The maximum absolute atomic E-state index is 5.34. The molecule has 0 atom stereocenters. The van der Waals surface area contributed by atoms with Crippen LogP contribution in [0.25, 0.3) is 11.2 Å². The van der Waals surface area contributed by atoms with Gasteiger partial charge in [-0.3, -0.25) is 0 Å². The monoisotopic (exact) mass is 297 g/mol. The van der Waals surface area contributed by atoms with Crippen molar-refractivity contribution in [1.82, 2.24) is 14.5 Å². The average Bonchev–Trinajstić information content (AvgIpc) is 2.86. The summed E-state index contributed by atoms with van der Waals surface area (Å²) in [5, 5.41) is 0. The summed E-state index contributed by atoms with van der Waals surface area (Å²) in [6.07, 6.45) is 4.40. The summed E-state index contributed by atoms with van der Waals surface area (Å²) in [6, 6.07) is 2.02. The van der Waals surface area contributed by atoms with Gasteiger partial charge in [-0.25, -0.2) is 4.98 Å². The highest BCUT2D eigenvalue weighted by atomic mass is 79.9. The zero-order valence-electron chi connectivity index (χ0n) is 8.96. The van der Waals surface area contributed by atoms with Crippen LogP contribution < -0.4 is 0 Å². The van der Waals surface area contributed by atoms with Crippen molar-refractivity contribution in [3.63, 3.8) is 0 Å². The van der Waals surface area contributed by atoms with E-state index in [0.29, 0.717) is 5.41 Å². The number of nitrogens with zero attached hydrogens (tertiary/aromatic N) is 2. The smallest absolute Gasteiger partial charge is 0.179 e. The summed E-state index contributed by atoms with van der Waals surface area (Å²) in [5.74, 6) is 0. The minimum absolute atomic E-state index is 0.433. The Balaban J connectivity index is 2.16. The topological polar surface area (TPSA) is 33.6 Å². The van der Waals surface area contributed by atoms with Gasteiger partial charge in [-0.15, -0.1) is 0 Å². The molecule has 5 heteroatoms. The second-order valence-corrected chi connectivity index (χ2v) is 6.15. The van der Waals surface area contributed by atoms with Crippen molar-refractivity contribution in [3.8, 4) is 0 Å². The van der Waals surface area contributed by atoms with E-state index in [4.69, 9.17) is 12.2 Å². The lowest BCUT2D eigenvalue weighted by Gasteiger charge is -2.09. The fraction of sp³-hybridized carbons (Fsp3) is 0.455. The molecule has 3 rings (SSSR count). The zero-order chi connectivity index (χ0) is 11.3. The molecule has 1 aliphatic rings. The zero-order valence-corrected chi connectivity index (χ0v) is 11.4. The van der Waals surface area contributed by atoms with Crippen LogP contribution in [0.1, 0.15) is 19.8 Å². The minimum atomic E-state index is 0.433. The fourth-order valence-electron chi connectivity index (χ4n) is 1.92. The van der Waals surface area contributed by atoms with Crippen molar-refractivity contribution < 1.29 is 0 Å². The SMILES string of the molecule is CC1(Cn2c(=S)[nH]c3cc(Br)cnc32)CC1. The molecular formula is C11H12BrN3S. The van der Waals surface area contributed by atoms with Crippen LogP contribution in [0.15, 0.2) is 16.7 Å². The molecule has 16 heavy (non-hydrogen) atoms. The largest absolute Gasteiger partial charge is 0.329 e. The molecule has 2 heterocycles. The normalized spacial score (nSPS) is 17.9. The molecule has 84 valence electrons. The van der Waals surface area contributed by atoms with E-state index in [9.17, 15) is 0 Å². The molecule has 3 nitrogen and oxygen atoms in total.